The molecule has 1 aliphatic carbocycles. The standard InChI is InChI=1S/C17H34O2/c1-4-5-6-7-8-9-12-19-17-13-15(14(2)3)10-11-16(17)18/h14-18H,4-13H2,1-3H3. The number of rotatable bonds is 9. The number of aliphatic hydroxyl groups is 1. The normalized spacial score (nSPS) is 27.9. The molecule has 0 heterocycles. The molecule has 0 aromatic rings. The minimum absolute atomic E-state index is 0.0943. The van der Waals surface area contributed by atoms with Crippen LogP contribution in [0, 0.1) is 11.8 Å². The summed E-state index contributed by atoms with van der Waals surface area (Å²) in [5, 5.41) is 10.0. The summed E-state index contributed by atoms with van der Waals surface area (Å²) in [6.07, 6.45) is 10.8. The monoisotopic (exact) mass is 270 g/mol. The molecule has 1 rings (SSSR count). The molecular weight excluding hydrogens is 236 g/mol. The molecule has 1 aliphatic rings. The summed E-state index contributed by atoms with van der Waals surface area (Å²) in [6.45, 7) is 7.65. The van der Waals surface area contributed by atoms with Gasteiger partial charge >= 0.3 is 0 Å². The molecule has 0 aromatic carbocycles. The van der Waals surface area contributed by atoms with Crippen molar-refractivity contribution >= 4 is 0 Å². The molecule has 19 heavy (non-hydrogen) atoms. The van der Waals surface area contributed by atoms with Crippen LogP contribution >= 0.6 is 0 Å². The van der Waals surface area contributed by atoms with Gasteiger partial charge in [-0.1, -0.05) is 52.9 Å². The van der Waals surface area contributed by atoms with E-state index in [1.165, 1.54) is 32.1 Å². The Morgan fingerprint density at radius 2 is 1.74 bits per heavy atom. The number of unbranched alkanes of at least 4 members (excludes halogenated alkanes) is 5. The van der Waals surface area contributed by atoms with Crippen molar-refractivity contribution in [3.63, 3.8) is 0 Å². The fourth-order valence-corrected chi connectivity index (χ4v) is 3.05. The molecule has 0 radical (unpaired) electrons. The largest absolute Gasteiger partial charge is 0.390 e. The van der Waals surface area contributed by atoms with E-state index in [0.29, 0.717) is 5.92 Å². The van der Waals surface area contributed by atoms with Crippen LogP contribution in [0.1, 0.15) is 78.6 Å². The average molecular weight is 270 g/mol. The van der Waals surface area contributed by atoms with Gasteiger partial charge in [-0.15, -0.1) is 0 Å². The molecule has 1 saturated carbocycles. The maximum atomic E-state index is 10.0. The molecule has 2 heteroatoms. The van der Waals surface area contributed by atoms with Crippen LogP contribution in [-0.4, -0.2) is 23.9 Å². The first-order chi connectivity index (χ1) is 9.15. The molecule has 0 aromatic heterocycles. The molecule has 0 amide bonds. The quantitative estimate of drug-likeness (QED) is 0.623. The molecule has 0 saturated heterocycles. The number of ether oxygens (including phenoxy) is 1. The van der Waals surface area contributed by atoms with Crippen LogP contribution in [0.25, 0.3) is 0 Å². The summed E-state index contributed by atoms with van der Waals surface area (Å²) >= 11 is 0. The summed E-state index contributed by atoms with van der Waals surface area (Å²) in [5.74, 6) is 1.45. The van der Waals surface area contributed by atoms with E-state index >= 15 is 0 Å². The van der Waals surface area contributed by atoms with Gasteiger partial charge in [0.1, 0.15) is 0 Å². The van der Waals surface area contributed by atoms with Crippen LogP contribution in [-0.2, 0) is 4.74 Å². The first kappa shape index (κ1) is 17.0. The molecular formula is C17H34O2. The van der Waals surface area contributed by atoms with Crippen molar-refractivity contribution in [2.75, 3.05) is 6.61 Å². The molecule has 114 valence electrons. The van der Waals surface area contributed by atoms with Gasteiger partial charge in [0.2, 0.25) is 0 Å². The van der Waals surface area contributed by atoms with Gasteiger partial charge in [0.15, 0.2) is 0 Å². The van der Waals surface area contributed by atoms with Crippen molar-refractivity contribution in [2.45, 2.75) is 90.8 Å². The third-order valence-electron chi connectivity index (χ3n) is 4.57. The second-order valence-corrected chi connectivity index (χ2v) is 6.56. The predicted octanol–water partition coefficient (Wildman–Crippen LogP) is 4.55. The van der Waals surface area contributed by atoms with Crippen molar-refractivity contribution in [2.24, 2.45) is 11.8 Å². The Balaban J connectivity index is 2.09. The predicted molar refractivity (Wildman–Crippen MR) is 81.3 cm³/mol. The van der Waals surface area contributed by atoms with Gasteiger partial charge in [-0.3, -0.25) is 0 Å². The maximum absolute atomic E-state index is 10.0. The molecule has 0 bridgehead atoms. The van der Waals surface area contributed by atoms with Crippen LogP contribution in [0.3, 0.4) is 0 Å². The zero-order chi connectivity index (χ0) is 14.1. The SMILES string of the molecule is CCCCCCCCOC1CC(C(C)C)CCC1O. The van der Waals surface area contributed by atoms with Gasteiger partial charge in [0, 0.05) is 6.61 Å². The Labute approximate surface area is 119 Å². The van der Waals surface area contributed by atoms with Crippen LogP contribution in [0.4, 0.5) is 0 Å². The van der Waals surface area contributed by atoms with Gasteiger partial charge in [-0.2, -0.15) is 0 Å². The van der Waals surface area contributed by atoms with E-state index in [2.05, 4.69) is 20.8 Å². The van der Waals surface area contributed by atoms with Crippen LogP contribution in [0.5, 0.6) is 0 Å². The fraction of sp³-hybridized carbons (Fsp3) is 1.00. The number of hydrogen-bond acceptors (Lipinski definition) is 2. The lowest BCUT2D eigenvalue weighted by atomic mass is 9.79. The van der Waals surface area contributed by atoms with E-state index in [-0.39, 0.29) is 12.2 Å². The fourth-order valence-electron chi connectivity index (χ4n) is 3.05. The topological polar surface area (TPSA) is 29.5 Å². The first-order valence-corrected chi connectivity index (χ1v) is 8.44. The molecule has 3 atom stereocenters. The highest BCUT2D eigenvalue weighted by Crippen LogP contribution is 2.31. The van der Waals surface area contributed by atoms with Crippen LogP contribution in [0.15, 0.2) is 0 Å². The third kappa shape index (κ3) is 6.76. The lowest BCUT2D eigenvalue weighted by Crippen LogP contribution is -2.37. The molecule has 2 nitrogen and oxygen atoms in total. The van der Waals surface area contributed by atoms with E-state index in [1.807, 2.05) is 0 Å². The maximum Gasteiger partial charge on any atom is 0.0836 e. The van der Waals surface area contributed by atoms with Gasteiger partial charge in [0.05, 0.1) is 12.2 Å². The third-order valence-corrected chi connectivity index (χ3v) is 4.57. The van der Waals surface area contributed by atoms with E-state index in [1.54, 1.807) is 0 Å². The Kier molecular flexibility index (Phi) is 8.72. The van der Waals surface area contributed by atoms with Gasteiger partial charge < -0.3 is 9.84 Å². The van der Waals surface area contributed by atoms with Crippen molar-refractivity contribution in [3.05, 3.63) is 0 Å². The summed E-state index contributed by atoms with van der Waals surface area (Å²) in [6, 6.07) is 0. The zero-order valence-electron chi connectivity index (χ0n) is 13.2. The lowest BCUT2D eigenvalue weighted by Gasteiger charge is -2.35. The van der Waals surface area contributed by atoms with Crippen molar-refractivity contribution in [3.8, 4) is 0 Å². The van der Waals surface area contributed by atoms with E-state index < -0.39 is 0 Å². The summed E-state index contributed by atoms with van der Waals surface area (Å²) in [5.41, 5.74) is 0. The minimum Gasteiger partial charge on any atom is -0.390 e. The van der Waals surface area contributed by atoms with E-state index in [4.69, 9.17) is 4.74 Å². The number of hydrogen-bond donors (Lipinski definition) is 1. The second kappa shape index (κ2) is 9.77. The first-order valence-electron chi connectivity index (χ1n) is 8.44. The summed E-state index contributed by atoms with van der Waals surface area (Å²) < 4.78 is 5.93. The van der Waals surface area contributed by atoms with Crippen molar-refractivity contribution in [1.29, 1.82) is 0 Å². The zero-order valence-corrected chi connectivity index (χ0v) is 13.2. The van der Waals surface area contributed by atoms with Gasteiger partial charge in [0.25, 0.3) is 0 Å². The Bertz CT molecular complexity index is 215. The van der Waals surface area contributed by atoms with Crippen LogP contribution in [0.2, 0.25) is 0 Å². The average Bonchev–Trinajstić information content (AvgIpc) is 2.39. The minimum atomic E-state index is -0.227. The van der Waals surface area contributed by atoms with Gasteiger partial charge in [-0.05, 0) is 37.5 Å². The number of aliphatic hydroxyl groups excluding tert-OH is 1. The van der Waals surface area contributed by atoms with Crippen molar-refractivity contribution in [1.82, 2.24) is 0 Å². The van der Waals surface area contributed by atoms with E-state index in [0.717, 1.165) is 38.2 Å². The molecule has 1 N–H and O–H groups in total. The lowest BCUT2D eigenvalue weighted by molar-refractivity contribution is -0.0768. The highest BCUT2D eigenvalue weighted by molar-refractivity contribution is 4.81. The summed E-state index contributed by atoms with van der Waals surface area (Å²) in [7, 11) is 0. The molecule has 1 fully saturated rings. The molecule has 0 aliphatic heterocycles. The second-order valence-electron chi connectivity index (χ2n) is 6.56. The van der Waals surface area contributed by atoms with Crippen molar-refractivity contribution < 1.29 is 9.84 Å². The Morgan fingerprint density at radius 3 is 2.42 bits per heavy atom. The molecule has 3 unspecified atom stereocenters. The Hall–Kier alpha value is -0.0800. The smallest absolute Gasteiger partial charge is 0.0836 e. The molecule has 0 spiro atoms. The van der Waals surface area contributed by atoms with E-state index in [9.17, 15) is 5.11 Å². The van der Waals surface area contributed by atoms with Crippen LogP contribution < -0.4 is 0 Å². The summed E-state index contributed by atoms with van der Waals surface area (Å²) in [4.78, 5) is 0. The van der Waals surface area contributed by atoms with Gasteiger partial charge in [-0.25, -0.2) is 0 Å². The Morgan fingerprint density at radius 1 is 1.05 bits per heavy atom. The highest BCUT2D eigenvalue weighted by atomic mass is 16.5. The highest BCUT2D eigenvalue weighted by Gasteiger charge is 2.30.